The molecule has 2 atom stereocenters. The molecule has 3 heteroatoms. The Kier molecular flexibility index (Phi) is 7.25. The molecule has 3 nitrogen and oxygen atoms in total. The van der Waals surface area contributed by atoms with Crippen molar-refractivity contribution < 1.29 is 9.59 Å². The van der Waals surface area contributed by atoms with E-state index in [0.717, 1.165) is 45.2 Å². The van der Waals surface area contributed by atoms with Gasteiger partial charge >= 0.3 is 0 Å². The molecule has 0 saturated carbocycles. The van der Waals surface area contributed by atoms with E-state index in [2.05, 4.69) is 20.8 Å². The lowest BCUT2D eigenvalue weighted by Crippen LogP contribution is -2.42. The van der Waals surface area contributed by atoms with Crippen LogP contribution in [0.4, 0.5) is 0 Å². The van der Waals surface area contributed by atoms with Gasteiger partial charge in [-0.25, -0.2) is 0 Å². The average molecular weight is 281 g/mol. The number of Topliss-reactive ketones (excluding diaryl/α,β-unsaturated/α-hetero) is 1. The van der Waals surface area contributed by atoms with Crippen LogP contribution in [-0.4, -0.2) is 29.7 Å². The molecule has 0 bridgehead atoms. The molecule has 1 fully saturated rings. The molecule has 0 spiro atoms. The second-order valence-electron chi connectivity index (χ2n) is 6.41. The van der Waals surface area contributed by atoms with Crippen LogP contribution in [0.5, 0.6) is 0 Å². The first-order chi connectivity index (χ1) is 9.49. The summed E-state index contributed by atoms with van der Waals surface area (Å²) in [5.41, 5.74) is 0. The highest BCUT2D eigenvalue weighted by Gasteiger charge is 2.28. The predicted molar refractivity (Wildman–Crippen MR) is 82.5 cm³/mol. The maximum atomic E-state index is 12.5. The van der Waals surface area contributed by atoms with Crippen LogP contribution in [0.15, 0.2) is 0 Å². The Morgan fingerprint density at radius 2 is 1.70 bits per heavy atom. The number of piperidine rings is 1. The van der Waals surface area contributed by atoms with Crippen molar-refractivity contribution in [1.29, 1.82) is 0 Å². The molecule has 1 aliphatic rings. The Bertz CT molecular complexity index is 319. The van der Waals surface area contributed by atoms with E-state index in [1.807, 2.05) is 4.90 Å². The lowest BCUT2D eigenvalue weighted by atomic mass is 9.90. The van der Waals surface area contributed by atoms with Gasteiger partial charge in [0.15, 0.2) is 0 Å². The van der Waals surface area contributed by atoms with E-state index < -0.39 is 0 Å². The molecule has 0 aromatic carbocycles. The Morgan fingerprint density at radius 1 is 1.10 bits per heavy atom. The van der Waals surface area contributed by atoms with Gasteiger partial charge in [-0.05, 0) is 44.9 Å². The molecule has 1 heterocycles. The van der Waals surface area contributed by atoms with Crippen molar-refractivity contribution in [2.75, 3.05) is 13.1 Å². The van der Waals surface area contributed by atoms with Crippen LogP contribution < -0.4 is 0 Å². The largest absolute Gasteiger partial charge is 0.342 e. The summed E-state index contributed by atoms with van der Waals surface area (Å²) in [6.45, 7) is 9.78. The Morgan fingerprint density at radius 3 is 2.15 bits per heavy atom. The van der Waals surface area contributed by atoms with E-state index in [4.69, 9.17) is 0 Å². The van der Waals surface area contributed by atoms with Crippen molar-refractivity contribution in [3.05, 3.63) is 0 Å². The van der Waals surface area contributed by atoms with Crippen molar-refractivity contribution in [2.45, 2.75) is 66.2 Å². The van der Waals surface area contributed by atoms with E-state index in [1.54, 1.807) is 6.92 Å². The molecule has 0 radical (unpaired) electrons. The van der Waals surface area contributed by atoms with Crippen LogP contribution in [0.1, 0.15) is 66.2 Å². The zero-order valence-corrected chi connectivity index (χ0v) is 13.7. The molecule has 1 rings (SSSR count). The number of hydrogen-bond acceptors (Lipinski definition) is 2. The van der Waals surface area contributed by atoms with E-state index >= 15 is 0 Å². The first-order valence-electron chi connectivity index (χ1n) is 8.28. The van der Waals surface area contributed by atoms with Crippen LogP contribution in [0.25, 0.3) is 0 Å². The topological polar surface area (TPSA) is 37.4 Å². The molecule has 0 aliphatic carbocycles. The number of hydrogen-bond donors (Lipinski definition) is 0. The second-order valence-corrected chi connectivity index (χ2v) is 6.41. The standard InChI is InChI=1S/C17H31NO2/c1-5-13(3)7-8-15(6-2)17(20)18-11-9-16(10-12-18)14(4)19/h13,15-16H,5-12H2,1-4H3/t13-,15+/m1/s1. The molecule has 0 N–H and O–H groups in total. The van der Waals surface area contributed by atoms with Gasteiger partial charge in [-0.15, -0.1) is 0 Å². The zero-order valence-electron chi connectivity index (χ0n) is 13.7. The van der Waals surface area contributed by atoms with Gasteiger partial charge in [-0.1, -0.05) is 27.2 Å². The third-order valence-electron chi connectivity index (χ3n) is 4.93. The molecule has 0 aromatic rings. The van der Waals surface area contributed by atoms with E-state index in [9.17, 15) is 9.59 Å². The minimum absolute atomic E-state index is 0.179. The quantitative estimate of drug-likeness (QED) is 0.714. The molecular weight excluding hydrogens is 250 g/mol. The number of rotatable bonds is 7. The molecule has 1 saturated heterocycles. The highest BCUT2D eigenvalue weighted by atomic mass is 16.2. The SMILES string of the molecule is CC[C@@H](C)CC[C@H](CC)C(=O)N1CCC(C(C)=O)CC1. The molecular formula is C17H31NO2. The Hall–Kier alpha value is -0.860. The molecule has 0 aromatic heterocycles. The lowest BCUT2D eigenvalue weighted by molar-refractivity contribution is -0.138. The third kappa shape index (κ3) is 4.92. The predicted octanol–water partition coefficient (Wildman–Crippen LogP) is 3.67. The number of carbonyl (C=O) groups excluding carboxylic acids is 2. The minimum Gasteiger partial charge on any atom is -0.342 e. The Balaban J connectivity index is 2.45. The highest BCUT2D eigenvalue weighted by molar-refractivity contribution is 5.80. The molecule has 0 unspecified atom stereocenters. The summed E-state index contributed by atoms with van der Waals surface area (Å²) in [6, 6.07) is 0. The van der Waals surface area contributed by atoms with Crippen LogP contribution in [0.3, 0.4) is 0 Å². The van der Waals surface area contributed by atoms with Gasteiger partial charge < -0.3 is 4.90 Å². The monoisotopic (exact) mass is 281 g/mol. The number of ketones is 1. The van der Waals surface area contributed by atoms with Crippen molar-refractivity contribution in [3.63, 3.8) is 0 Å². The molecule has 1 aliphatic heterocycles. The average Bonchev–Trinajstić information content (AvgIpc) is 2.47. The van der Waals surface area contributed by atoms with Crippen molar-refractivity contribution in [3.8, 4) is 0 Å². The maximum Gasteiger partial charge on any atom is 0.225 e. The van der Waals surface area contributed by atoms with Gasteiger partial charge in [0.25, 0.3) is 0 Å². The van der Waals surface area contributed by atoms with Crippen molar-refractivity contribution in [1.82, 2.24) is 4.90 Å². The van der Waals surface area contributed by atoms with Crippen LogP contribution in [0.2, 0.25) is 0 Å². The highest BCUT2D eigenvalue weighted by Crippen LogP contribution is 2.24. The number of amides is 1. The Labute approximate surface area is 124 Å². The second kappa shape index (κ2) is 8.43. The van der Waals surface area contributed by atoms with Gasteiger partial charge in [0.2, 0.25) is 5.91 Å². The van der Waals surface area contributed by atoms with Crippen LogP contribution in [-0.2, 0) is 9.59 Å². The summed E-state index contributed by atoms with van der Waals surface area (Å²) in [4.78, 5) is 25.9. The van der Waals surface area contributed by atoms with E-state index in [1.165, 1.54) is 6.42 Å². The number of nitrogens with zero attached hydrogens (tertiary/aromatic N) is 1. The van der Waals surface area contributed by atoms with Gasteiger partial charge in [0.05, 0.1) is 0 Å². The van der Waals surface area contributed by atoms with Gasteiger partial charge in [0, 0.05) is 24.9 Å². The smallest absolute Gasteiger partial charge is 0.225 e. The summed E-state index contributed by atoms with van der Waals surface area (Å²) < 4.78 is 0. The third-order valence-corrected chi connectivity index (χ3v) is 4.93. The van der Waals surface area contributed by atoms with Gasteiger partial charge in [-0.2, -0.15) is 0 Å². The summed E-state index contributed by atoms with van der Waals surface area (Å²) in [6.07, 6.45) is 5.98. The fourth-order valence-electron chi connectivity index (χ4n) is 2.96. The summed E-state index contributed by atoms with van der Waals surface area (Å²) in [7, 11) is 0. The number of carbonyl (C=O) groups is 2. The fourth-order valence-corrected chi connectivity index (χ4v) is 2.96. The normalized spacial score (nSPS) is 19.7. The number of likely N-dealkylation sites (tertiary alicyclic amines) is 1. The summed E-state index contributed by atoms with van der Waals surface area (Å²) in [5.74, 6) is 1.66. The van der Waals surface area contributed by atoms with E-state index in [0.29, 0.717) is 11.8 Å². The summed E-state index contributed by atoms with van der Waals surface area (Å²) >= 11 is 0. The van der Waals surface area contributed by atoms with Crippen LogP contribution >= 0.6 is 0 Å². The molecule has 1 amide bonds. The first-order valence-corrected chi connectivity index (χ1v) is 8.28. The van der Waals surface area contributed by atoms with Crippen molar-refractivity contribution in [2.24, 2.45) is 17.8 Å². The van der Waals surface area contributed by atoms with E-state index in [-0.39, 0.29) is 17.6 Å². The van der Waals surface area contributed by atoms with Crippen molar-refractivity contribution >= 4 is 11.7 Å². The van der Waals surface area contributed by atoms with Gasteiger partial charge in [-0.3, -0.25) is 9.59 Å². The molecule has 20 heavy (non-hydrogen) atoms. The summed E-state index contributed by atoms with van der Waals surface area (Å²) in [5, 5.41) is 0. The minimum atomic E-state index is 0.179. The fraction of sp³-hybridized carbons (Fsp3) is 0.882. The lowest BCUT2D eigenvalue weighted by Gasteiger charge is -2.33. The maximum absolute atomic E-state index is 12.5. The molecule has 116 valence electrons. The van der Waals surface area contributed by atoms with Gasteiger partial charge in [0.1, 0.15) is 5.78 Å². The zero-order chi connectivity index (χ0) is 15.1. The van der Waals surface area contributed by atoms with Crippen LogP contribution in [0, 0.1) is 17.8 Å². The first kappa shape index (κ1) is 17.2.